The van der Waals surface area contributed by atoms with E-state index in [9.17, 15) is 0 Å². The summed E-state index contributed by atoms with van der Waals surface area (Å²) >= 11 is 0. The van der Waals surface area contributed by atoms with E-state index in [0.29, 0.717) is 19.8 Å². The van der Waals surface area contributed by atoms with Crippen LogP contribution in [0.4, 0.5) is 0 Å². The Balaban J connectivity index is 1.91. The van der Waals surface area contributed by atoms with E-state index in [0.717, 1.165) is 0 Å². The molecule has 1 aliphatic rings. The molecule has 0 aromatic rings. The Morgan fingerprint density at radius 3 is 2.78 bits per heavy atom. The van der Waals surface area contributed by atoms with E-state index < -0.39 is 0 Å². The van der Waals surface area contributed by atoms with Gasteiger partial charge in [0.25, 0.3) is 0 Å². The summed E-state index contributed by atoms with van der Waals surface area (Å²) in [4.78, 5) is 0. The number of aliphatic hydroxyl groups excluding tert-OH is 1. The SMILES string of the molecule is C[C@@H](O)COC1COC1. The summed E-state index contributed by atoms with van der Waals surface area (Å²) in [6, 6.07) is 0. The third kappa shape index (κ3) is 2.30. The smallest absolute Gasteiger partial charge is 0.104 e. The average molecular weight is 132 g/mol. The second kappa shape index (κ2) is 3.15. The first-order valence-corrected chi connectivity index (χ1v) is 3.16. The van der Waals surface area contributed by atoms with Crippen molar-refractivity contribution in [2.75, 3.05) is 19.8 Å². The standard InChI is InChI=1S/C6H12O3/c1-5(7)2-9-6-3-8-4-6/h5-7H,2-4H2,1H3/t5-/m1/s1. The molecule has 0 radical (unpaired) electrons. The minimum absolute atomic E-state index is 0.236. The predicted molar refractivity (Wildman–Crippen MR) is 32.2 cm³/mol. The maximum atomic E-state index is 8.76. The molecule has 3 heteroatoms. The lowest BCUT2D eigenvalue weighted by atomic mass is 10.3. The van der Waals surface area contributed by atoms with Gasteiger partial charge in [0.15, 0.2) is 0 Å². The van der Waals surface area contributed by atoms with Crippen LogP contribution in [0.15, 0.2) is 0 Å². The van der Waals surface area contributed by atoms with Gasteiger partial charge in [0.05, 0.1) is 25.9 Å². The molecule has 1 atom stereocenters. The lowest BCUT2D eigenvalue weighted by Gasteiger charge is -2.26. The first kappa shape index (κ1) is 6.99. The van der Waals surface area contributed by atoms with Crippen LogP contribution in [0.2, 0.25) is 0 Å². The number of rotatable bonds is 3. The molecule has 1 N–H and O–H groups in total. The van der Waals surface area contributed by atoms with Crippen molar-refractivity contribution in [2.45, 2.75) is 19.1 Å². The fourth-order valence-corrected chi connectivity index (χ4v) is 0.586. The Bertz CT molecular complexity index is 78.4. The van der Waals surface area contributed by atoms with Crippen molar-refractivity contribution in [2.24, 2.45) is 0 Å². The number of hydrogen-bond acceptors (Lipinski definition) is 3. The average Bonchev–Trinajstić information content (AvgIpc) is 1.60. The summed E-state index contributed by atoms with van der Waals surface area (Å²) in [5, 5.41) is 8.76. The van der Waals surface area contributed by atoms with Crippen molar-refractivity contribution in [1.82, 2.24) is 0 Å². The molecule has 1 heterocycles. The lowest BCUT2D eigenvalue weighted by molar-refractivity contribution is -0.141. The molecule has 54 valence electrons. The van der Waals surface area contributed by atoms with Gasteiger partial charge in [-0.3, -0.25) is 0 Å². The summed E-state index contributed by atoms with van der Waals surface area (Å²) in [5.41, 5.74) is 0. The fraction of sp³-hybridized carbons (Fsp3) is 1.00. The normalized spacial score (nSPS) is 23.3. The largest absolute Gasteiger partial charge is 0.391 e. The molecule has 3 nitrogen and oxygen atoms in total. The van der Waals surface area contributed by atoms with E-state index in [2.05, 4.69) is 0 Å². The highest BCUT2D eigenvalue weighted by atomic mass is 16.6. The quantitative estimate of drug-likeness (QED) is 0.577. The summed E-state index contributed by atoms with van der Waals surface area (Å²) < 4.78 is 10.0. The Morgan fingerprint density at radius 1 is 1.78 bits per heavy atom. The molecule has 0 spiro atoms. The van der Waals surface area contributed by atoms with Crippen molar-refractivity contribution in [1.29, 1.82) is 0 Å². The van der Waals surface area contributed by atoms with Crippen LogP contribution in [0.25, 0.3) is 0 Å². The highest BCUT2D eigenvalue weighted by Gasteiger charge is 2.18. The van der Waals surface area contributed by atoms with Gasteiger partial charge in [-0.1, -0.05) is 0 Å². The van der Waals surface area contributed by atoms with E-state index in [4.69, 9.17) is 14.6 Å². The van der Waals surface area contributed by atoms with Crippen molar-refractivity contribution in [3.8, 4) is 0 Å². The predicted octanol–water partition coefficient (Wildman–Crippen LogP) is -0.217. The Hall–Kier alpha value is -0.120. The van der Waals surface area contributed by atoms with E-state index in [-0.39, 0.29) is 12.2 Å². The van der Waals surface area contributed by atoms with E-state index in [1.165, 1.54) is 0 Å². The molecule has 0 saturated carbocycles. The minimum atomic E-state index is -0.356. The summed E-state index contributed by atoms with van der Waals surface area (Å²) in [5.74, 6) is 0. The van der Waals surface area contributed by atoms with Gasteiger partial charge in [0, 0.05) is 0 Å². The summed E-state index contributed by atoms with van der Waals surface area (Å²) in [7, 11) is 0. The molecule has 1 fully saturated rings. The zero-order chi connectivity index (χ0) is 6.69. The monoisotopic (exact) mass is 132 g/mol. The molecule has 1 rings (SSSR count). The topological polar surface area (TPSA) is 38.7 Å². The fourth-order valence-electron chi connectivity index (χ4n) is 0.586. The third-order valence-corrected chi connectivity index (χ3v) is 1.18. The van der Waals surface area contributed by atoms with E-state index in [1.807, 2.05) is 0 Å². The van der Waals surface area contributed by atoms with Gasteiger partial charge in [-0.25, -0.2) is 0 Å². The van der Waals surface area contributed by atoms with Crippen LogP contribution in [0.1, 0.15) is 6.92 Å². The molecular weight excluding hydrogens is 120 g/mol. The van der Waals surface area contributed by atoms with Gasteiger partial charge in [-0.05, 0) is 6.92 Å². The van der Waals surface area contributed by atoms with Crippen molar-refractivity contribution >= 4 is 0 Å². The number of hydrogen-bond donors (Lipinski definition) is 1. The molecule has 0 bridgehead atoms. The highest BCUT2D eigenvalue weighted by Crippen LogP contribution is 2.04. The molecular formula is C6H12O3. The molecule has 0 aromatic heterocycles. The van der Waals surface area contributed by atoms with Crippen LogP contribution in [-0.4, -0.2) is 37.1 Å². The molecule has 0 aromatic carbocycles. The van der Waals surface area contributed by atoms with Gasteiger partial charge < -0.3 is 14.6 Å². The van der Waals surface area contributed by atoms with Crippen LogP contribution >= 0.6 is 0 Å². The zero-order valence-corrected chi connectivity index (χ0v) is 5.54. The van der Waals surface area contributed by atoms with Crippen molar-refractivity contribution in [3.63, 3.8) is 0 Å². The lowest BCUT2D eigenvalue weighted by Crippen LogP contribution is -2.37. The van der Waals surface area contributed by atoms with Crippen LogP contribution in [-0.2, 0) is 9.47 Å². The number of aliphatic hydroxyl groups is 1. The zero-order valence-electron chi connectivity index (χ0n) is 5.54. The summed E-state index contributed by atoms with van der Waals surface area (Å²) in [6.07, 6.45) is -0.120. The van der Waals surface area contributed by atoms with Crippen molar-refractivity contribution < 1.29 is 14.6 Å². The van der Waals surface area contributed by atoms with Crippen LogP contribution < -0.4 is 0 Å². The molecule has 9 heavy (non-hydrogen) atoms. The second-order valence-corrected chi connectivity index (χ2v) is 2.34. The molecule has 1 saturated heterocycles. The van der Waals surface area contributed by atoms with Gasteiger partial charge in [0.1, 0.15) is 6.10 Å². The van der Waals surface area contributed by atoms with Gasteiger partial charge >= 0.3 is 0 Å². The third-order valence-electron chi connectivity index (χ3n) is 1.18. The highest BCUT2D eigenvalue weighted by molar-refractivity contribution is 4.64. The van der Waals surface area contributed by atoms with E-state index >= 15 is 0 Å². The maximum Gasteiger partial charge on any atom is 0.104 e. The molecule has 0 unspecified atom stereocenters. The molecule has 0 amide bonds. The Kier molecular flexibility index (Phi) is 2.45. The summed E-state index contributed by atoms with van der Waals surface area (Å²) in [6.45, 7) is 3.51. The van der Waals surface area contributed by atoms with E-state index in [1.54, 1.807) is 6.92 Å². The Morgan fingerprint density at radius 2 is 2.44 bits per heavy atom. The van der Waals surface area contributed by atoms with Crippen molar-refractivity contribution in [3.05, 3.63) is 0 Å². The second-order valence-electron chi connectivity index (χ2n) is 2.34. The Labute approximate surface area is 54.6 Å². The first-order valence-electron chi connectivity index (χ1n) is 3.16. The van der Waals surface area contributed by atoms with Crippen LogP contribution in [0.3, 0.4) is 0 Å². The van der Waals surface area contributed by atoms with Crippen LogP contribution in [0, 0.1) is 0 Å². The van der Waals surface area contributed by atoms with Gasteiger partial charge in [-0.15, -0.1) is 0 Å². The molecule has 1 aliphatic heterocycles. The molecule has 0 aliphatic carbocycles. The first-order chi connectivity index (χ1) is 4.29. The van der Waals surface area contributed by atoms with Gasteiger partial charge in [0.2, 0.25) is 0 Å². The van der Waals surface area contributed by atoms with Gasteiger partial charge in [-0.2, -0.15) is 0 Å². The maximum absolute atomic E-state index is 8.76. The number of ether oxygens (including phenoxy) is 2. The minimum Gasteiger partial charge on any atom is -0.391 e. The van der Waals surface area contributed by atoms with Crippen LogP contribution in [0.5, 0.6) is 0 Å².